The molecule has 0 amide bonds. The summed E-state index contributed by atoms with van der Waals surface area (Å²) in [5.41, 5.74) is 0. The summed E-state index contributed by atoms with van der Waals surface area (Å²) < 4.78 is 16.6. The van der Waals surface area contributed by atoms with E-state index in [1.54, 1.807) is 0 Å². The van der Waals surface area contributed by atoms with Crippen molar-refractivity contribution in [1.82, 2.24) is 0 Å². The van der Waals surface area contributed by atoms with Gasteiger partial charge in [0, 0.05) is 19.3 Å². The van der Waals surface area contributed by atoms with E-state index in [-0.39, 0.29) is 31.1 Å². The number of carbonyl (C=O) groups excluding carboxylic acids is 3. The van der Waals surface area contributed by atoms with E-state index in [1.807, 2.05) is 0 Å². The molecule has 0 spiro atoms. The lowest BCUT2D eigenvalue weighted by Gasteiger charge is -2.18. The van der Waals surface area contributed by atoms with E-state index in [0.29, 0.717) is 19.3 Å². The van der Waals surface area contributed by atoms with Crippen molar-refractivity contribution < 1.29 is 28.6 Å². The second-order valence-corrected chi connectivity index (χ2v) is 15.7. The van der Waals surface area contributed by atoms with Crippen molar-refractivity contribution in [3.8, 4) is 0 Å². The summed E-state index contributed by atoms with van der Waals surface area (Å²) in [7, 11) is 0. The molecule has 0 aliphatic carbocycles. The summed E-state index contributed by atoms with van der Waals surface area (Å²) in [5, 5.41) is 0. The zero-order valence-corrected chi connectivity index (χ0v) is 34.0. The van der Waals surface area contributed by atoms with Crippen LogP contribution < -0.4 is 0 Å². The van der Waals surface area contributed by atoms with Crippen LogP contribution in [0.2, 0.25) is 0 Å². The van der Waals surface area contributed by atoms with E-state index < -0.39 is 6.10 Å². The normalized spacial score (nSPS) is 12.6. The molecule has 0 bridgehead atoms. The zero-order chi connectivity index (χ0) is 36.9. The molecule has 6 nitrogen and oxygen atoms in total. The van der Waals surface area contributed by atoms with E-state index >= 15 is 0 Å². The van der Waals surface area contributed by atoms with Gasteiger partial charge < -0.3 is 14.2 Å². The number of esters is 3. The predicted molar refractivity (Wildman–Crippen MR) is 210 cm³/mol. The summed E-state index contributed by atoms with van der Waals surface area (Å²) in [5.74, 6) is 0.795. The van der Waals surface area contributed by atoms with E-state index in [1.165, 1.54) is 122 Å². The Labute approximate surface area is 310 Å². The van der Waals surface area contributed by atoms with Gasteiger partial charge in [-0.2, -0.15) is 0 Å². The van der Waals surface area contributed by atoms with Gasteiger partial charge in [-0.15, -0.1) is 0 Å². The molecule has 50 heavy (non-hydrogen) atoms. The lowest BCUT2D eigenvalue weighted by Crippen LogP contribution is -2.30. The maximum atomic E-state index is 12.7. The summed E-state index contributed by atoms with van der Waals surface area (Å²) in [6.45, 7) is 11.3. The van der Waals surface area contributed by atoms with Crippen molar-refractivity contribution in [2.45, 2.75) is 240 Å². The first-order valence-corrected chi connectivity index (χ1v) is 21.8. The van der Waals surface area contributed by atoms with Gasteiger partial charge in [-0.05, 0) is 31.1 Å². The van der Waals surface area contributed by atoms with Gasteiger partial charge in [0.2, 0.25) is 0 Å². The highest BCUT2D eigenvalue weighted by molar-refractivity contribution is 5.71. The number of ether oxygens (including phenoxy) is 3. The Morgan fingerprint density at radius 1 is 0.420 bits per heavy atom. The molecule has 6 heteroatoms. The fraction of sp³-hybridized carbons (Fsp3) is 0.932. The fourth-order valence-electron chi connectivity index (χ4n) is 6.37. The molecule has 0 radical (unpaired) electrons. The lowest BCUT2D eigenvalue weighted by molar-refractivity contribution is -0.167. The summed E-state index contributed by atoms with van der Waals surface area (Å²) >= 11 is 0. The Hall–Kier alpha value is -1.59. The number of carbonyl (C=O) groups is 3. The van der Waals surface area contributed by atoms with Crippen molar-refractivity contribution in [3.05, 3.63) is 0 Å². The quantitative estimate of drug-likeness (QED) is 0.0361. The maximum absolute atomic E-state index is 12.7. The highest BCUT2D eigenvalue weighted by Gasteiger charge is 2.19. The standard InChI is InChI=1S/C44H84O6/c1-6-8-9-10-17-24-29-34-42(45)48-37-41(50-44(47)36-31-26-21-16-15-19-23-28-33-40(5)7-2)38-49-43(46)35-30-25-20-14-12-11-13-18-22-27-32-39(3)4/h39-41H,6-38H2,1-5H3/t40?,41-/m0/s1. The molecule has 0 aromatic rings. The Morgan fingerprint density at radius 3 is 1.14 bits per heavy atom. The molecule has 0 aliphatic heterocycles. The molecule has 0 aromatic heterocycles. The smallest absolute Gasteiger partial charge is 0.306 e. The SMILES string of the molecule is CCCCCCCCCC(=O)OC[C@@H](COC(=O)CCCCCCCCCCCCC(C)C)OC(=O)CCCCCCCCCCC(C)CC. The van der Waals surface area contributed by atoms with Crippen LogP contribution in [0.3, 0.4) is 0 Å². The summed E-state index contributed by atoms with van der Waals surface area (Å²) in [6.07, 6.45) is 33.8. The van der Waals surface area contributed by atoms with Crippen molar-refractivity contribution in [2.75, 3.05) is 13.2 Å². The Bertz CT molecular complexity index is 766. The minimum Gasteiger partial charge on any atom is -0.462 e. The van der Waals surface area contributed by atoms with Crippen LogP contribution in [0.5, 0.6) is 0 Å². The molecule has 0 rings (SSSR count). The molecule has 1 unspecified atom stereocenters. The van der Waals surface area contributed by atoms with Crippen LogP contribution in [0.1, 0.15) is 234 Å². The Morgan fingerprint density at radius 2 is 0.760 bits per heavy atom. The topological polar surface area (TPSA) is 78.9 Å². The van der Waals surface area contributed by atoms with E-state index in [0.717, 1.165) is 69.6 Å². The highest BCUT2D eigenvalue weighted by atomic mass is 16.6. The number of rotatable bonds is 38. The van der Waals surface area contributed by atoms with Crippen LogP contribution >= 0.6 is 0 Å². The monoisotopic (exact) mass is 709 g/mol. The van der Waals surface area contributed by atoms with Gasteiger partial charge in [0.05, 0.1) is 0 Å². The molecule has 0 fully saturated rings. The average molecular weight is 709 g/mol. The Kier molecular flexibility index (Phi) is 36.0. The van der Waals surface area contributed by atoms with Crippen molar-refractivity contribution in [1.29, 1.82) is 0 Å². The van der Waals surface area contributed by atoms with Crippen molar-refractivity contribution >= 4 is 17.9 Å². The van der Waals surface area contributed by atoms with Gasteiger partial charge in [0.15, 0.2) is 6.10 Å². The van der Waals surface area contributed by atoms with Gasteiger partial charge >= 0.3 is 17.9 Å². The first-order chi connectivity index (χ1) is 24.3. The van der Waals surface area contributed by atoms with Crippen LogP contribution in [0.4, 0.5) is 0 Å². The zero-order valence-electron chi connectivity index (χ0n) is 34.0. The molecule has 296 valence electrons. The van der Waals surface area contributed by atoms with E-state index in [4.69, 9.17) is 14.2 Å². The maximum Gasteiger partial charge on any atom is 0.306 e. The van der Waals surface area contributed by atoms with Crippen molar-refractivity contribution in [2.24, 2.45) is 11.8 Å². The third-order valence-electron chi connectivity index (χ3n) is 10.1. The molecule has 2 atom stereocenters. The largest absolute Gasteiger partial charge is 0.462 e. The van der Waals surface area contributed by atoms with Crippen LogP contribution in [0, 0.1) is 11.8 Å². The van der Waals surface area contributed by atoms with Crippen LogP contribution in [0.15, 0.2) is 0 Å². The molecular formula is C44H84O6. The van der Waals surface area contributed by atoms with Gasteiger partial charge in [0.1, 0.15) is 13.2 Å². The molecule has 0 N–H and O–H groups in total. The number of hydrogen-bond donors (Lipinski definition) is 0. The molecule has 0 saturated carbocycles. The van der Waals surface area contributed by atoms with E-state index in [9.17, 15) is 14.4 Å². The number of hydrogen-bond acceptors (Lipinski definition) is 6. The highest BCUT2D eigenvalue weighted by Crippen LogP contribution is 2.17. The summed E-state index contributed by atoms with van der Waals surface area (Å²) in [4.78, 5) is 37.5. The molecule has 0 saturated heterocycles. The van der Waals surface area contributed by atoms with E-state index in [2.05, 4.69) is 34.6 Å². The first-order valence-electron chi connectivity index (χ1n) is 21.8. The molecule has 0 aliphatic rings. The van der Waals surface area contributed by atoms with Gasteiger partial charge in [-0.1, -0.05) is 195 Å². The van der Waals surface area contributed by atoms with Crippen LogP contribution in [0.25, 0.3) is 0 Å². The third kappa shape index (κ3) is 36.2. The molecule has 0 aromatic carbocycles. The fourth-order valence-corrected chi connectivity index (χ4v) is 6.37. The number of unbranched alkanes of at least 4 members (excludes halogenated alkanes) is 22. The minimum absolute atomic E-state index is 0.0660. The predicted octanol–water partition coefficient (Wildman–Crippen LogP) is 13.4. The van der Waals surface area contributed by atoms with Gasteiger partial charge in [-0.3, -0.25) is 14.4 Å². The first kappa shape index (κ1) is 48.4. The second-order valence-electron chi connectivity index (χ2n) is 15.7. The minimum atomic E-state index is -0.759. The molecular weight excluding hydrogens is 624 g/mol. The van der Waals surface area contributed by atoms with Gasteiger partial charge in [-0.25, -0.2) is 0 Å². The third-order valence-corrected chi connectivity index (χ3v) is 10.1. The van der Waals surface area contributed by atoms with Crippen LogP contribution in [-0.4, -0.2) is 37.2 Å². The summed E-state index contributed by atoms with van der Waals surface area (Å²) in [6, 6.07) is 0. The average Bonchev–Trinajstić information content (AvgIpc) is 3.09. The molecule has 0 heterocycles. The van der Waals surface area contributed by atoms with Gasteiger partial charge in [0.25, 0.3) is 0 Å². The second kappa shape index (κ2) is 37.2. The Balaban J connectivity index is 4.31. The van der Waals surface area contributed by atoms with Crippen molar-refractivity contribution in [3.63, 3.8) is 0 Å². The van der Waals surface area contributed by atoms with Crippen LogP contribution in [-0.2, 0) is 28.6 Å². The lowest BCUT2D eigenvalue weighted by atomic mass is 9.99.